The Labute approximate surface area is 207 Å². The van der Waals surface area contributed by atoms with E-state index in [1.807, 2.05) is 60.0 Å². The molecular weight excluding hydrogens is 464 g/mol. The molecule has 0 aliphatic rings. The number of rotatable bonds is 10. The molecule has 2 heterocycles. The lowest BCUT2D eigenvalue weighted by Crippen LogP contribution is -2.24. The minimum atomic E-state index is -0.201. The van der Waals surface area contributed by atoms with Gasteiger partial charge in [-0.25, -0.2) is 4.98 Å². The summed E-state index contributed by atoms with van der Waals surface area (Å²) in [5, 5.41) is 6.44. The Morgan fingerprint density at radius 3 is 2.63 bits per heavy atom. The molecule has 0 aliphatic heterocycles. The molecule has 0 saturated carbocycles. The SMILES string of the molecule is COc1ccc(CNC(=O)CSc2nccn2-c2cccc(C(=O)NCc3ccc(C)o3)c2)cc1. The van der Waals surface area contributed by atoms with Gasteiger partial charge in [0.2, 0.25) is 5.91 Å². The summed E-state index contributed by atoms with van der Waals surface area (Å²) in [6.45, 7) is 2.61. The van der Waals surface area contributed by atoms with Gasteiger partial charge in [-0.2, -0.15) is 0 Å². The van der Waals surface area contributed by atoms with Gasteiger partial charge in [-0.3, -0.25) is 14.2 Å². The number of imidazole rings is 1. The number of hydrogen-bond donors (Lipinski definition) is 2. The zero-order valence-electron chi connectivity index (χ0n) is 19.5. The van der Waals surface area contributed by atoms with Crippen molar-refractivity contribution < 1.29 is 18.7 Å². The van der Waals surface area contributed by atoms with Gasteiger partial charge in [0, 0.05) is 30.2 Å². The molecule has 0 fully saturated rings. The molecule has 9 heteroatoms. The summed E-state index contributed by atoms with van der Waals surface area (Å²) in [4.78, 5) is 29.4. The first-order valence-corrected chi connectivity index (χ1v) is 12.0. The highest BCUT2D eigenvalue weighted by Crippen LogP contribution is 2.21. The molecule has 0 unspecified atom stereocenters. The number of hydrogen-bond acceptors (Lipinski definition) is 6. The monoisotopic (exact) mass is 490 g/mol. The van der Waals surface area contributed by atoms with E-state index in [0.717, 1.165) is 22.8 Å². The van der Waals surface area contributed by atoms with E-state index in [9.17, 15) is 9.59 Å². The molecule has 35 heavy (non-hydrogen) atoms. The fraction of sp³-hybridized carbons (Fsp3) is 0.192. The summed E-state index contributed by atoms with van der Waals surface area (Å²) in [5.74, 6) is 2.20. The van der Waals surface area contributed by atoms with Gasteiger partial charge in [-0.15, -0.1) is 0 Å². The van der Waals surface area contributed by atoms with E-state index in [4.69, 9.17) is 9.15 Å². The maximum Gasteiger partial charge on any atom is 0.251 e. The largest absolute Gasteiger partial charge is 0.497 e. The smallest absolute Gasteiger partial charge is 0.251 e. The Morgan fingerprint density at radius 2 is 1.89 bits per heavy atom. The van der Waals surface area contributed by atoms with Gasteiger partial charge in [-0.1, -0.05) is 30.0 Å². The summed E-state index contributed by atoms with van der Waals surface area (Å²) in [7, 11) is 1.62. The Hall–Kier alpha value is -3.98. The number of ether oxygens (including phenoxy) is 1. The molecule has 0 bridgehead atoms. The number of nitrogens with zero attached hydrogens (tertiary/aromatic N) is 2. The minimum absolute atomic E-state index is 0.0957. The molecule has 0 atom stereocenters. The van der Waals surface area contributed by atoms with Crippen molar-refractivity contribution in [1.82, 2.24) is 20.2 Å². The average Bonchev–Trinajstić information content (AvgIpc) is 3.53. The van der Waals surface area contributed by atoms with Crippen LogP contribution in [-0.2, 0) is 17.9 Å². The fourth-order valence-electron chi connectivity index (χ4n) is 3.36. The number of furan rings is 1. The normalized spacial score (nSPS) is 10.7. The van der Waals surface area contributed by atoms with Gasteiger partial charge in [0.05, 0.1) is 19.4 Å². The van der Waals surface area contributed by atoms with Gasteiger partial charge in [0.15, 0.2) is 5.16 Å². The molecule has 0 saturated heterocycles. The lowest BCUT2D eigenvalue weighted by atomic mass is 10.2. The first-order valence-electron chi connectivity index (χ1n) is 11.0. The fourth-order valence-corrected chi connectivity index (χ4v) is 4.17. The van der Waals surface area contributed by atoms with Crippen LogP contribution in [0.25, 0.3) is 5.69 Å². The number of benzene rings is 2. The number of thioether (sulfide) groups is 1. The van der Waals surface area contributed by atoms with Crippen molar-refractivity contribution in [3.63, 3.8) is 0 Å². The van der Waals surface area contributed by atoms with E-state index in [-0.39, 0.29) is 17.6 Å². The average molecular weight is 491 g/mol. The van der Waals surface area contributed by atoms with E-state index in [0.29, 0.717) is 29.6 Å². The predicted molar refractivity (Wildman–Crippen MR) is 134 cm³/mol. The molecule has 0 radical (unpaired) electrons. The second-order valence-corrected chi connectivity index (χ2v) is 8.68. The molecule has 2 aromatic carbocycles. The quantitative estimate of drug-likeness (QED) is 0.325. The third-order valence-corrected chi connectivity index (χ3v) is 6.16. The summed E-state index contributed by atoms with van der Waals surface area (Å²) in [6, 6.07) is 18.5. The molecule has 180 valence electrons. The first-order chi connectivity index (χ1) is 17.0. The second kappa shape index (κ2) is 11.4. The molecule has 4 aromatic rings. The van der Waals surface area contributed by atoms with E-state index in [1.165, 1.54) is 11.8 Å². The first kappa shape index (κ1) is 24.2. The number of aryl methyl sites for hydroxylation is 1. The third-order valence-electron chi connectivity index (χ3n) is 5.19. The van der Waals surface area contributed by atoms with Gasteiger partial charge in [-0.05, 0) is 55.0 Å². The molecule has 2 N–H and O–H groups in total. The second-order valence-electron chi connectivity index (χ2n) is 7.74. The van der Waals surface area contributed by atoms with Crippen molar-refractivity contribution in [2.75, 3.05) is 12.9 Å². The van der Waals surface area contributed by atoms with Crippen LogP contribution in [0, 0.1) is 6.92 Å². The summed E-state index contributed by atoms with van der Waals surface area (Å²) in [6.07, 6.45) is 3.48. The summed E-state index contributed by atoms with van der Waals surface area (Å²) in [5.41, 5.74) is 2.29. The highest BCUT2D eigenvalue weighted by Gasteiger charge is 2.12. The van der Waals surface area contributed by atoms with E-state index in [1.54, 1.807) is 31.6 Å². The van der Waals surface area contributed by atoms with Gasteiger partial charge >= 0.3 is 0 Å². The summed E-state index contributed by atoms with van der Waals surface area (Å²) < 4.78 is 12.5. The molecule has 2 amide bonds. The van der Waals surface area contributed by atoms with Crippen LogP contribution in [0.15, 0.2) is 82.6 Å². The van der Waals surface area contributed by atoms with Crippen LogP contribution in [0.2, 0.25) is 0 Å². The molecule has 0 aliphatic carbocycles. The number of carbonyl (C=O) groups is 2. The maximum absolute atomic E-state index is 12.6. The Bertz CT molecular complexity index is 1300. The zero-order valence-corrected chi connectivity index (χ0v) is 20.3. The van der Waals surface area contributed by atoms with Gasteiger partial charge in [0.25, 0.3) is 5.91 Å². The van der Waals surface area contributed by atoms with Gasteiger partial charge < -0.3 is 19.8 Å². The molecular formula is C26H26N4O4S. The molecule has 0 spiro atoms. The highest BCUT2D eigenvalue weighted by atomic mass is 32.2. The Kier molecular flexibility index (Phi) is 7.89. The molecule has 4 rings (SSSR count). The molecule has 2 aromatic heterocycles. The standard InChI is InChI=1S/C26H26N4O4S/c1-18-6-9-23(34-18)16-29-25(32)20-4-3-5-21(14-20)30-13-12-27-26(30)35-17-24(31)28-15-19-7-10-22(33-2)11-8-19/h3-14H,15-17H2,1-2H3,(H,28,31)(H,29,32). The number of amides is 2. The Balaban J connectivity index is 1.33. The highest BCUT2D eigenvalue weighted by molar-refractivity contribution is 7.99. The van der Waals surface area contributed by atoms with E-state index in [2.05, 4.69) is 15.6 Å². The van der Waals surface area contributed by atoms with Crippen molar-refractivity contribution in [3.8, 4) is 11.4 Å². The van der Waals surface area contributed by atoms with Crippen LogP contribution in [-0.4, -0.2) is 34.2 Å². The number of aromatic nitrogens is 2. The topological polar surface area (TPSA) is 98.4 Å². The van der Waals surface area contributed by atoms with Crippen molar-refractivity contribution in [3.05, 3.63) is 95.7 Å². The van der Waals surface area contributed by atoms with Crippen molar-refractivity contribution in [2.45, 2.75) is 25.2 Å². The maximum atomic E-state index is 12.6. The van der Waals surface area contributed by atoms with Gasteiger partial charge in [0.1, 0.15) is 17.3 Å². The Morgan fingerprint density at radius 1 is 1.06 bits per heavy atom. The van der Waals surface area contributed by atoms with Crippen LogP contribution >= 0.6 is 11.8 Å². The van der Waals surface area contributed by atoms with Crippen LogP contribution in [0.4, 0.5) is 0 Å². The number of carbonyl (C=O) groups excluding carboxylic acids is 2. The lowest BCUT2D eigenvalue weighted by Gasteiger charge is -2.10. The van der Waals surface area contributed by atoms with Crippen LogP contribution in [0.1, 0.15) is 27.4 Å². The van der Waals surface area contributed by atoms with Crippen LogP contribution in [0.5, 0.6) is 5.75 Å². The van der Waals surface area contributed by atoms with Crippen LogP contribution < -0.4 is 15.4 Å². The van der Waals surface area contributed by atoms with Crippen molar-refractivity contribution >= 4 is 23.6 Å². The number of methoxy groups -OCH3 is 1. The molecule has 8 nitrogen and oxygen atoms in total. The zero-order chi connectivity index (χ0) is 24.6. The predicted octanol–water partition coefficient (Wildman–Crippen LogP) is 4.12. The number of nitrogens with one attached hydrogen (secondary N) is 2. The minimum Gasteiger partial charge on any atom is -0.497 e. The van der Waals surface area contributed by atoms with Crippen LogP contribution in [0.3, 0.4) is 0 Å². The van der Waals surface area contributed by atoms with Crippen molar-refractivity contribution in [2.24, 2.45) is 0 Å². The third kappa shape index (κ3) is 6.54. The van der Waals surface area contributed by atoms with Crippen molar-refractivity contribution in [1.29, 1.82) is 0 Å². The summed E-state index contributed by atoms with van der Waals surface area (Å²) >= 11 is 1.33. The lowest BCUT2D eigenvalue weighted by molar-refractivity contribution is -0.118. The van der Waals surface area contributed by atoms with E-state index < -0.39 is 0 Å². The van der Waals surface area contributed by atoms with E-state index >= 15 is 0 Å².